The average Bonchev–Trinajstić information content (AvgIpc) is 2.28. The zero-order valence-electron chi connectivity index (χ0n) is 11.2. The lowest BCUT2D eigenvalue weighted by Crippen LogP contribution is -2.42. The van der Waals surface area contributed by atoms with E-state index in [1.165, 1.54) is 0 Å². The van der Waals surface area contributed by atoms with Crippen molar-refractivity contribution in [3.8, 4) is 0 Å². The molecule has 21 heavy (non-hydrogen) atoms. The van der Waals surface area contributed by atoms with Crippen molar-refractivity contribution in [3.05, 3.63) is 0 Å². The highest BCUT2D eigenvalue weighted by molar-refractivity contribution is 5.88. The normalized spacial score (nSPS) is 9.33. The fourth-order valence-corrected chi connectivity index (χ4v) is 0.714. The number of carboxylic acid groups (broad SMARTS) is 4. The molecule has 8 N–H and O–H groups in total. The molecular formula is C10H19NO10. The highest BCUT2D eigenvalue weighted by Gasteiger charge is 2.40. The summed E-state index contributed by atoms with van der Waals surface area (Å²) in [5.74, 6) is -5.99. The van der Waals surface area contributed by atoms with Crippen LogP contribution in [-0.2, 0) is 19.2 Å². The molecule has 0 aliphatic heterocycles. The first-order valence-electron chi connectivity index (χ1n) is 5.38. The lowest BCUT2D eigenvalue weighted by atomic mass is 9.96. The minimum Gasteiger partial charge on any atom is -0.481 e. The Hall–Kier alpha value is -2.24. The Kier molecular flexibility index (Phi) is 14.5. The molecule has 124 valence electrons. The molecule has 0 aliphatic carbocycles. The van der Waals surface area contributed by atoms with Crippen LogP contribution in [0.2, 0.25) is 0 Å². The molecule has 0 bridgehead atoms. The van der Waals surface area contributed by atoms with E-state index in [1.54, 1.807) is 6.92 Å². The van der Waals surface area contributed by atoms with E-state index in [0.717, 1.165) is 0 Å². The highest BCUT2D eigenvalue weighted by Crippen LogP contribution is 2.15. The highest BCUT2D eigenvalue weighted by atomic mass is 16.4. The van der Waals surface area contributed by atoms with Crippen molar-refractivity contribution >= 4 is 23.9 Å². The third-order valence-electron chi connectivity index (χ3n) is 1.46. The topological polar surface area (TPSA) is 216 Å². The SMILES string of the molecule is CCO.NCC(=O)O.O=C(O)CC(O)(CC(=O)O)C(=O)O. The van der Waals surface area contributed by atoms with E-state index in [9.17, 15) is 19.2 Å². The number of aliphatic hydroxyl groups is 2. The first-order valence-corrected chi connectivity index (χ1v) is 5.38. The lowest BCUT2D eigenvalue weighted by molar-refractivity contribution is -0.170. The Morgan fingerprint density at radius 1 is 0.905 bits per heavy atom. The van der Waals surface area contributed by atoms with Gasteiger partial charge in [0, 0.05) is 6.61 Å². The quantitative estimate of drug-likeness (QED) is 0.278. The summed E-state index contributed by atoms with van der Waals surface area (Å²) in [5.41, 5.74) is 1.83. The molecule has 0 rings (SSSR count). The van der Waals surface area contributed by atoms with Crippen molar-refractivity contribution in [1.82, 2.24) is 0 Å². The molecule has 0 saturated heterocycles. The number of aliphatic carboxylic acids is 4. The van der Waals surface area contributed by atoms with E-state index >= 15 is 0 Å². The largest absolute Gasteiger partial charge is 0.481 e. The van der Waals surface area contributed by atoms with Crippen LogP contribution in [0.4, 0.5) is 0 Å². The predicted molar refractivity (Wildman–Crippen MR) is 66.5 cm³/mol. The van der Waals surface area contributed by atoms with E-state index in [4.69, 9.17) is 30.6 Å². The summed E-state index contributed by atoms with van der Waals surface area (Å²) in [5, 5.41) is 49.0. The van der Waals surface area contributed by atoms with Crippen LogP contribution in [0.5, 0.6) is 0 Å². The zero-order chi connectivity index (χ0) is 17.6. The Morgan fingerprint density at radius 2 is 1.14 bits per heavy atom. The maximum atomic E-state index is 10.3. The van der Waals surface area contributed by atoms with Gasteiger partial charge in [-0.1, -0.05) is 0 Å². The van der Waals surface area contributed by atoms with Crippen LogP contribution in [0.25, 0.3) is 0 Å². The van der Waals surface area contributed by atoms with Crippen LogP contribution in [0.3, 0.4) is 0 Å². The van der Waals surface area contributed by atoms with Crippen molar-refractivity contribution in [2.75, 3.05) is 13.2 Å². The second-order valence-corrected chi connectivity index (χ2v) is 3.39. The van der Waals surface area contributed by atoms with Gasteiger partial charge in [-0.05, 0) is 6.92 Å². The summed E-state index contributed by atoms with van der Waals surface area (Å²) in [6.45, 7) is 1.65. The first-order chi connectivity index (χ1) is 9.46. The van der Waals surface area contributed by atoms with Crippen LogP contribution in [0.15, 0.2) is 0 Å². The van der Waals surface area contributed by atoms with Gasteiger partial charge in [0.25, 0.3) is 0 Å². The van der Waals surface area contributed by atoms with Gasteiger partial charge in [0.2, 0.25) is 0 Å². The summed E-state index contributed by atoms with van der Waals surface area (Å²) >= 11 is 0. The molecule has 0 spiro atoms. The van der Waals surface area contributed by atoms with E-state index in [0.29, 0.717) is 0 Å². The minimum absolute atomic E-state index is 0.250. The summed E-state index contributed by atoms with van der Waals surface area (Å²) in [6, 6.07) is 0. The Bertz CT molecular complexity index is 338. The minimum atomic E-state index is -2.74. The summed E-state index contributed by atoms with van der Waals surface area (Å²) < 4.78 is 0. The van der Waals surface area contributed by atoms with Gasteiger partial charge in [0.1, 0.15) is 0 Å². The number of aliphatic hydroxyl groups excluding tert-OH is 1. The molecule has 0 atom stereocenters. The monoisotopic (exact) mass is 313 g/mol. The van der Waals surface area contributed by atoms with Gasteiger partial charge in [0.15, 0.2) is 5.60 Å². The van der Waals surface area contributed by atoms with Gasteiger partial charge < -0.3 is 36.4 Å². The number of hydrogen-bond donors (Lipinski definition) is 7. The van der Waals surface area contributed by atoms with E-state index in [-0.39, 0.29) is 13.2 Å². The second kappa shape index (κ2) is 12.8. The Balaban J connectivity index is -0.000000335. The molecule has 0 radical (unpaired) electrons. The number of carboxylic acids is 4. The number of nitrogens with two attached hydrogens (primary N) is 1. The fraction of sp³-hybridized carbons (Fsp3) is 0.600. The molecule has 0 aromatic carbocycles. The number of carbonyl (C=O) groups is 4. The van der Waals surface area contributed by atoms with Crippen LogP contribution < -0.4 is 5.73 Å². The van der Waals surface area contributed by atoms with Crippen LogP contribution in [-0.4, -0.2) is 73.3 Å². The fourth-order valence-electron chi connectivity index (χ4n) is 0.714. The molecule has 0 unspecified atom stereocenters. The standard InChI is InChI=1S/C6H8O7.C2H5NO2.C2H6O/c7-3(8)1-6(13,5(11)12)2-4(9)10;3-1-2(4)5;1-2-3/h13H,1-2H2,(H,7,8)(H,9,10)(H,11,12);1,3H2,(H,4,5);3H,2H2,1H3. The summed E-state index contributed by atoms with van der Waals surface area (Å²) in [6.07, 6.45) is -2.29. The molecule has 0 saturated carbocycles. The van der Waals surface area contributed by atoms with Gasteiger partial charge in [-0.25, -0.2) is 4.79 Å². The van der Waals surface area contributed by atoms with Crippen LogP contribution in [0.1, 0.15) is 19.8 Å². The van der Waals surface area contributed by atoms with Crippen molar-refractivity contribution in [3.63, 3.8) is 0 Å². The van der Waals surface area contributed by atoms with Gasteiger partial charge in [-0.15, -0.1) is 0 Å². The molecule has 0 aliphatic rings. The lowest BCUT2D eigenvalue weighted by Gasteiger charge is -2.18. The van der Waals surface area contributed by atoms with Crippen LogP contribution >= 0.6 is 0 Å². The molecule has 0 fully saturated rings. The zero-order valence-corrected chi connectivity index (χ0v) is 11.2. The number of hydrogen-bond acceptors (Lipinski definition) is 7. The van der Waals surface area contributed by atoms with E-state index in [1.807, 2.05) is 0 Å². The van der Waals surface area contributed by atoms with Crippen molar-refractivity contribution < 1.29 is 49.8 Å². The molecule has 0 aromatic rings. The van der Waals surface area contributed by atoms with E-state index < -0.39 is 42.3 Å². The first kappa shape index (κ1) is 23.8. The number of rotatable bonds is 6. The molecule has 0 heterocycles. The maximum Gasteiger partial charge on any atom is 0.336 e. The molecule has 0 amide bonds. The van der Waals surface area contributed by atoms with Crippen molar-refractivity contribution in [2.45, 2.75) is 25.4 Å². The third-order valence-corrected chi connectivity index (χ3v) is 1.46. The smallest absolute Gasteiger partial charge is 0.336 e. The van der Waals surface area contributed by atoms with Gasteiger partial charge >= 0.3 is 23.9 Å². The Morgan fingerprint density at radius 3 is 1.24 bits per heavy atom. The van der Waals surface area contributed by atoms with Gasteiger partial charge in [0.05, 0.1) is 19.4 Å². The Labute approximate surface area is 119 Å². The second-order valence-electron chi connectivity index (χ2n) is 3.39. The predicted octanol–water partition coefficient (Wildman–Crippen LogP) is -2.22. The molecule has 11 nitrogen and oxygen atoms in total. The van der Waals surface area contributed by atoms with Crippen LogP contribution in [0, 0.1) is 0 Å². The summed E-state index contributed by atoms with van der Waals surface area (Å²) in [7, 11) is 0. The molecule has 11 heteroatoms. The third kappa shape index (κ3) is 17.8. The maximum absolute atomic E-state index is 10.3. The van der Waals surface area contributed by atoms with Gasteiger partial charge in [-0.2, -0.15) is 0 Å². The summed E-state index contributed by atoms with van der Waals surface area (Å²) in [4.78, 5) is 39.7. The van der Waals surface area contributed by atoms with E-state index in [2.05, 4.69) is 5.73 Å². The molecular weight excluding hydrogens is 294 g/mol. The van der Waals surface area contributed by atoms with Crippen molar-refractivity contribution in [2.24, 2.45) is 5.73 Å². The molecule has 0 aromatic heterocycles. The average molecular weight is 313 g/mol. The van der Waals surface area contributed by atoms with Crippen molar-refractivity contribution in [1.29, 1.82) is 0 Å². The van der Waals surface area contributed by atoms with Gasteiger partial charge in [-0.3, -0.25) is 14.4 Å².